The molecule has 0 radical (unpaired) electrons. The molecule has 0 fully saturated rings. The van der Waals surface area contributed by atoms with Crippen LogP contribution in [0.5, 0.6) is 0 Å². The summed E-state index contributed by atoms with van der Waals surface area (Å²) in [6.07, 6.45) is 2.83. The number of sulfone groups is 1. The summed E-state index contributed by atoms with van der Waals surface area (Å²) in [4.78, 5) is 0. The summed E-state index contributed by atoms with van der Waals surface area (Å²) >= 11 is 0. The summed E-state index contributed by atoms with van der Waals surface area (Å²) in [6, 6.07) is 10.8. The Morgan fingerprint density at radius 2 is 1.89 bits per heavy atom. The fourth-order valence-corrected chi connectivity index (χ4v) is 2.79. The second kappa shape index (κ2) is 8.33. The predicted octanol–water partition coefficient (Wildman–Crippen LogP) is 2.42. The predicted molar refractivity (Wildman–Crippen MR) is 81.2 cm³/mol. The molecule has 1 aromatic rings. The average Bonchev–Trinajstić information content (AvgIpc) is 2.42. The Balaban J connectivity index is 2.13. The van der Waals surface area contributed by atoms with Crippen LogP contribution < -0.4 is 5.32 Å². The van der Waals surface area contributed by atoms with Gasteiger partial charge in [0.15, 0.2) is 0 Å². The van der Waals surface area contributed by atoms with Crippen LogP contribution in [0.4, 0.5) is 0 Å². The SMILES string of the molecule is CCS(=O)(=O)CCCNC(C)CCc1ccccc1. The molecule has 0 bridgehead atoms. The molecule has 108 valence electrons. The van der Waals surface area contributed by atoms with Crippen molar-refractivity contribution in [1.29, 1.82) is 0 Å². The minimum absolute atomic E-state index is 0.247. The topological polar surface area (TPSA) is 46.2 Å². The fourth-order valence-electron chi connectivity index (χ4n) is 1.91. The van der Waals surface area contributed by atoms with Crippen LogP contribution in [0.25, 0.3) is 0 Å². The maximum atomic E-state index is 11.3. The van der Waals surface area contributed by atoms with E-state index in [0.29, 0.717) is 18.2 Å². The molecule has 0 aliphatic rings. The molecule has 1 N–H and O–H groups in total. The van der Waals surface area contributed by atoms with Gasteiger partial charge in [0, 0.05) is 11.8 Å². The first-order chi connectivity index (χ1) is 9.03. The van der Waals surface area contributed by atoms with E-state index in [4.69, 9.17) is 0 Å². The minimum atomic E-state index is -2.81. The lowest BCUT2D eigenvalue weighted by atomic mass is 10.1. The molecule has 1 atom stereocenters. The minimum Gasteiger partial charge on any atom is -0.314 e. The molecule has 1 rings (SSSR count). The van der Waals surface area contributed by atoms with Gasteiger partial charge in [0.2, 0.25) is 0 Å². The van der Waals surface area contributed by atoms with Gasteiger partial charge in [0.1, 0.15) is 9.84 Å². The highest BCUT2D eigenvalue weighted by molar-refractivity contribution is 7.91. The highest BCUT2D eigenvalue weighted by atomic mass is 32.2. The van der Waals surface area contributed by atoms with Crippen molar-refractivity contribution in [2.24, 2.45) is 0 Å². The summed E-state index contributed by atoms with van der Waals surface area (Å²) in [7, 11) is -2.81. The van der Waals surface area contributed by atoms with Gasteiger partial charge >= 0.3 is 0 Å². The first-order valence-electron chi connectivity index (χ1n) is 7.01. The number of nitrogens with one attached hydrogen (secondary N) is 1. The zero-order chi connectivity index (χ0) is 14.1. The number of benzene rings is 1. The van der Waals surface area contributed by atoms with Crippen LogP contribution in [0.15, 0.2) is 30.3 Å². The van der Waals surface area contributed by atoms with Gasteiger partial charge in [0.25, 0.3) is 0 Å². The molecule has 3 nitrogen and oxygen atoms in total. The molecule has 0 amide bonds. The zero-order valence-corrected chi connectivity index (χ0v) is 12.7. The third-order valence-electron chi connectivity index (χ3n) is 3.27. The Hall–Kier alpha value is -0.870. The van der Waals surface area contributed by atoms with Gasteiger partial charge in [-0.05, 0) is 38.3 Å². The molecule has 0 saturated carbocycles. The molecule has 19 heavy (non-hydrogen) atoms. The third-order valence-corrected chi connectivity index (χ3v) is 5.06. The molecule has 0 aromatic heterocycles. The van der Waals surface area contributed by atoms with E-state index in [0.717, 1.165) is 19.4 Å². The van der Waals surface area contributed by atoms with Gasteiger partial charge < -0.3 is 5.32 Å². The van der Waals surface area contributed by atoms with E-state index in [2.05, 4.69) is 36.5 Å². The van der Waals surface area contributed by atoms with Crippen LogP contribution in [-0.2, 0) is 16.3 Å². The van der Waals surface area contributed by atoms with E-state index in [1.54, 1.807) is 6.92 Å². The monoisotopic (exact) mass is 283 g/mol. The molecule has 0 aliphatic heterocycles. The second-order valence-electron chi connectivity index (χ2n) is 4.97. The molecule has 0 saturated heterocycles. The molecule has 0 heterocycles. The molecular weight excluding hydrogens is 258 g/mol. The normalized spacial score (nSPS) is 13.4. The van der Waals surface area contributed by atoms with E-state index < -0.39 is 9.84 Å². The van der Waals surface area contributed by atoms with Crippen molar-refractivity contribution in [3.63, 3.8) is 0 Å². The largest absolute Gasteiger partial charge is 0.314 e. The summed E-state index contributed by atoms with van der Waals surface area (Å²) in [5, 5.41) is 3.39. The van der Waals surface area contributed by atoms with Crippen LogP contribution in [0, 0.1) is 0 Å². The van der Waals surface area contributed by atoms with Gasteiger partial charge in [-0.2, -0.15) is 0 Å². The van der Waals surface area contributed by atoms with Crippen LogP contribution in [0.2, 0.25) is 0 Å². The smallest absolute Gasteiger partial charge is 0.150 e. The van der Waals surface area contributed by atoms with Crippen molar-refractivity contribution in [3.8, 4) is 0 Å². The van der Waals surface area contributed by atoms with E-state index >= 15 is 0 Å². The third kappa shape index (κ3) is 7.33. The summed E-state index contributed by atoms with van der Waals surface area (Å²) in [5.74, 6) is 0.540. The van der Waals surface area contributed by atoms with Crippen LogP contribution in [0.3, 0.4) is 0 Å². The van der Waals surface area contributed by atoms with Crippen LogP contribution in [-0.4, -0.2) is 32.5 Å². The van der Waals surface area contributed by atoms with Gasteiger partial charge in [-0.15, -0.1) is 0 Å². The number of rotatable bonds is 9. The lowest BCUT2D eigenvalue weighted by Crippen LogP contribution is -2.28. The fraction of sp³-hybridized carbons (Fsp3) is 0.600. The van der Waals surface area contributed by atoms with Crippen molar-refractivity contribution >= 4 is 9.84 Å². The number of hydrogen-bond donors (Lipinski definition) is 1. The molecule has 1 aromatic carbocycles. The molecule has 0 spiro atoms. The highest BCUT2D eigenvalue weighted by Gasteiger charge is 2.07. The Labute approximate surface area is 117 Å². The Morgan fingerprint density at radius 3 is 2.53 bits per heavy atom. The molecular formula is C15H25NO2S. The van der Waals surface area contributed by atoms with Crippen molar-refractivity contribution in [2.45, 2.75) is 39.2 Å². The highest BCUT2D eigenvalue weighted by Crippen LogP contribution is 2.04. The van der Waals surface area contributed by atoms with Crippen molar-refractivity contribution in [3.05, 3.63) is 35.9 Å². The summed E-state index contributed by atoms with van der Waals surface area (Å²) in [5.41, 5.74) is 1.35. The van der Waals surface area contributed by atoms with E-state index in [-0.39, 0.29) is 5.75 Å². The van der Waals surface area contributed by atoms with Crippen molar-refractivity contribution in [1.82, 2.24) is 5.32 Å². The lowest BCUT2D eigenvalue weighted by Gasteiger charge is -2.13. The number of aryl methyl sites for hydroxylation is 1. The Morgan fingerprint density at radius 1 is 1.21 bits per heavy atom. The Bertz CT molecular complexity index is 442. The van der Waals surface area contributed by atoms with Gasteiger partial charge in [-0.1, -0.05) is 37.3 Å². The first kappa shape index (κ1) is 16.2. The van der Waals surface area contributed by atoms with Gasteiger partial charge in [-0.25, -0.2) is 8.42 Å². The Kier molecular flexibility index (Phi) is 7.10. The molecule has 1 unspecified atom stereocenters. The van der Waals surface area contributed by atoms with Crippen LogP contribution >= 0.6 is 0 Å². The van der Waals surface area contributed by atoms with Crippen molar-refractivity contribution in [2.75, 3.05) is 18.1 Å². The van der Waals surface area contributed by atoms with Gasteiger partial charge in [0.05, 0.1) is 5.75 Å². The molecule has 0 aliphatic carbocycles. The van der Waals surface area contributed by atoms with Crippen LogP contribution in [0.1, 0.15) is 32.3 Å². The van der Waals surface area contributed by atoms with Gasteiger partial charge in [-0.3, -0.25) is 0 Å². The average molecular weight is 283 g/mol. The zero-order valence-electron chi connectivity index (χ0n) is 11.9. The quantitative estimate of drug-likeness (QED) is 0.708. The number of hydrogen-bond acceptors (Lipinski definition) is 3. The second-order valence-corrected chi connectivity index (χ2v) is 7.44. The van der Waals surface area contributed by atoms with E-state index in [9.17, 15) is 8.42 Å². The maximum Gasteiger partial charge on any atom is 0.150 e. The summed E-state index contributed by atoms with van der Waals surface area (Å²) in [6.45, 7) is 4.62. The lowest BCUT2D eigenvalue weighted by molar-refractivity contribution is 0.512. The van der Waals surface area contributed by atoms with Crippen molar-refractivity contribution < 1.29 is 8.42 Å². The van der Waals surface area contributed by atoms with E-state index in [1.165, 1.54) is 5.56 Å². The first-order valence-corrected chi connectivity index (χ1v) is 8.83. The standard InChI is InChI=1S/C15H25NO2S/c1-3-19(17,18)13-7-12-16-14(2)10-11-15-8-5-4-6-9-15/h4-6,8-9,14,16H,3,7,10-13H2,1-2H3. The van der Waals surface area contributed by atoms with E-state index in [1.807, 2.05) is 6.07 Å². The maximum absolute atomic E-state index is 11.3. The summed E-state index contributed by atoms with van der Waals surface area (Å²) < 4.78 is 22.7. The molecule has 4 heteroatoms.